The molecule has 0 saturated carbocycles. The number of nitrogens with zero attached hydrogens (tertiary/aromatic N) is 2. The molecule has 0 fully saturated rings. The van der Waals surface area contributed by atoms with Gasteiger partial charge in [0.15, 0.2) is 0 Å². The van der Waals surface area contributed by atoms with Gasteiger partial charge in [0.05, 0.1) is 20.8 Å². The van der Waals surface area contributed by atoms with E-state index in [0.717, 1.165) is 0 Å². The van der Waals surface area contributed by atoms with Gasteiger partial charge < -0.3 is 0 Å². The Morgan fingerprint density at radius 3 is 2.22 bits per heavy atom. The summed E-state index contributed by atoms with van der Waals surface area (Å²) in [7, 11) is 0. The highest BCUT2D eigenvalue weighted by atomic mass is 35.5. The summed E-state index contributed by atoms with van der Waals surface area (Å²) >= 11 is 23.7. The highest BCUT2D eigenvalue weighted by Gasteiger charge is 2.17. The zero-order valence-electron chi connectivity index (χ0n) is 11.3. The third-order valence-electron chi connectivity index (χ3n) is 2.73. The first-order valence-electron chi connectivity index (χ1n) is 6.11. The van der Waals surface area contributed by atoms with Crippen LogP contribution in [0, 0.1) is 11.3 Å². The summed E-state index contributed by atoms with van der Waals surface area (Å²) < 4.78 is 0. The Labute approximate surface area is 152 Å². The lowest BCUT2D eigenvalue weighted by Crippen LogP contribution is -2.14. The van der Waals surface area contributed by atoms with Crippen LogP contribution in [0.5, 0.6) is 0 Å². The second-order valence-electron chi connectivity index (χ2n) is 4.24. The number of carbonyl (C=O) groups is 1. The second kappa shape index (κ2) is 7.67. The highest BCUT2D eigenvalue weighted by molar-refractivity contribution is 6.53. The summed E-state index contributed by atoms with van der Waals surface area (Å²) in [5.74, 6) is -0.619. The molecule has 0 unspecified atom stereocenters. The molecule has 0 bridgehead atoms. The lowest BCUT2D eigenvalue weighted by molar-refractivity contribution is 0.106. The molecule has 0 spiro atoms. The molecule has 2 aromatic carbocycles. The fourth-order valence-corrected chi connectivity index (χ4v) is 2.78. The van der Waals surface area contributed by atoms with E-state index in [0.29, 0.717) is 5.02 Å². The monoisotopic (exact) mass is 385 g/mol. The minimum Gasteiger partial charge on any atom is -0.286 e. The van der Waals surface area contributed by atoms with Crippen molar-refractivity contribution in [2.45, 2.75) is 0 Å². The third-order valence-corrected chi connectivity index (χ3v) is 3.87. The normalized spacial score (nSPS) is 11.0. The van der Waals surface area contributed by atoms with Crippen molar-refractivity contribution in [3.8, 4) is 6.07 Å². The molecule has 0 amide bonds. The number of nitriles is 1. The molecule has 2 aromatic rings. The summed E-state index contributed by atoms with van der Waals surface area (Å²) in [6.45, 7) is 0. The van der Waals surface area contributed by atoms with Crippen LogP contribution in [0.2, 0.25) is 20.1 Å². The van der Waals surface area contributed by atoms with Crippen LogP contribution >= 0.6 is 46.4 Å². The zero-order valence-corrected chi connectivity index (χ0v) is 14.3. The predicted octanol–water partition coefficient (Wildman–Crippen LogP) is 5.47. The standard InChI is InChI=1S/C15H7Cl4N3O/c16-8-5-11(18)14(12(19)6-8)22-21-13(7-20)15(23)9-3-1-2-4-10(9)17/h1-6,22H/b21-13+. The van der Waals surface area contributed by atoms with Crippen molar-refractivity contribution in [2.75, 3.05) is 5.43 Å². The molecule has 8 heteroatoms. The fourth-order valence-electron chi connectivity index (χ4n) is 1.66. The van der Waals surface area contributed by atoms with E-state index in [2.05, 4.69) is 10.5 Å². The average Bonchev–Trinajstić information content (AvgIpc) is 2.50. The molecule has 0 aliphatic heterocycles. The van der Waals surface area contributed by atoms with E-state index in [4.69, 9.17) is 51.7 Å². The number of anilines is 1. The summed E-state index contributed by atoms with van der Waals surface area (Å²) in [4.78, 5) is 12.3. The minimum atomic E-state index is -0.619. The van der Waals surface area contributed by atoms with Crippen molar-refractivity contribution in [2.24, 2.45) is 5.10 Å². The van der Waals surface area contributed by atoms with E-state index in [9.17, 15) is 4.79 Å². The van der Waals surface area contributed by atoms with Crippen LogP contribution in [-0.2, 0) is 0 Å². The van der Waals surface area contributed by atoms with Crippen LogP contribution in [-0.4, -0.2) is 11.5 Å². The van der Waals surface area contributed by atoms with Crippen LogP contribution in [0.1, 0.15) is 10.4 Å². The number of halogens is 4. The number of nitrogens with one attached hydrogen (secondary N) is 1. The smallest absolute Gasteiger partial charge is 0.225 e. The number of benzene rings is 2. The molecule has 0 aliphatic rings. The van der Waals surface area contributed by atoms with Crippen LogP contribution in [0.4, 0.5) is 5.69 Å². The van der Waals surface area contributed by atoms with E-state index >= 15 is 0 Å². The fraction of sp³-hybridized carbons (Fsp3) is 0. The molecule has 0 aromatic heterocycles. The molecular weight excluding hydrogens is 380 g/mol. The summed E-state index contributed by atoms with van der Waals surface area (Å²) in [6.07, 6.45) is 0. The van der Waals surface area contributed by atoms with Gasteiger partial charge in [0.2, 0.25) is 11.5 Å². The molecule has 2 rings (SSSR count). The van der Waals surface area contributed by atoms with Crippen molar-refractivity contribution in [1.29, 1.82) is 5.26 Å². The molecule has 23 heavy (non-hydrogen) atoms. The molecule has 0 saturated heterocycles. The maximum Gasteiger partial charge on any atom is 0.225 e. The second-order valence-corrected chi connectivity index (χ2v) is 5.90. The highest BCUT2D eigenvalue weighted by Crippen LogP contribution is 2.33. The Morgan fingerprint density at radius 1 is 1.04 bits per heavy atom. The molecule has 0 radical (unpaired) electrons. The SMILES string of the molecule is N#C/C(=N\Nc1c(Cl)cc(Cl)cc1Cl)C(=O)c1ccccc1Cl. The quantitative estimate of drug-likeness (QED) is 0.430. The van der Waals surface area contributed by atoms with E-state index in [1.54, 1.807) is 24.3 Å². The van der Waals surface area contributed by atoms with Gasteiger partial charge in [-0.2, -0.15) is 10.4 Å². The van der Waals surface area contributed by atoms with Crippen molar-refractivity contribution in [1.82, 2.24) is 0 Å². The lowest BCUT2D eigenvalue weighted by atomic mass is 10.1. The van der Waals surface area contributed by atoms with Crippen LogP contribution in [0.25, 0.3) is 0 Å². The first-order chi connectivity index (χ1) is 10.9. The first kappa shape index (κ1) is 17.6. The van der Waals surface area contributed by atoms with Gasteiger partial charge in [-0.1, -0.05) is 58.5 Å². The number of ketones is 1. The number of hydrogen-bond acceptors (Lipinski definition) is 4. The van der Waals surface area contributed by atoms with Gasteiger partial charge in [-0.25, -0.2) is 0 Å². The van der Waals surface area contributed by atoms with Crippen molar-refractivity contribution < 1.29 is 4.79 Å². The van der Waals surface area contributed by atoms with Crippen molar-refractivity contribution >= 4 is 63.6 Å². The van der Waals surface area contributed by atoms with Gasteiger partial charge in [-0.05, 0) is 24.3 Å². The van der Waals surface area contributed by atoms with Gasteiger partial charge in [-0.15, -0.1) is 0 Å². The Hall–Kier alpha value is -1.77. The van der Waals surface area contributed by atoms with Crippen molar-refractivity contribution in [3.05, 3.63) is 62.1 Å². The molecule has 4 nitrogen and oxygen atoms in total. The third kappa shape index (κ3) is 4.15. The Balaban J connectivity index is 2.33. The maximum absolute atomic E-state index is 12.3. The Kier molecular flexibility index (Phi) is 5.86. The number of Topliss-reactive ketones (excluding diaryl/α,β-unsaturated/α-hetero) is 1. The summed E-state index contributed by atoms with van der Waals surface area (Å²) in [5, 5.41) is 13.9. The summed E-state index contributed by atoms with van der Waals surface area (Å²) in [5.41, 5.74) is 2.52. The van der Waals surface area contributed by atoms with E-state index in [1.807, 2.05) is 0 Å². The molecular formula is C15H7Cl4N3O. The van der Waals surface area contributed by atoms with Gasteiger partial charge in [0.1, 0.15) is 6.07 Å². The van der Waals surface area contributed by atoms with Crippen LogP contribution < -0.4 is 5.43 Å². The molecule has 0 atom stereocenters. The predicted molar refractivity (Wildman–Crippen MR) is 93.9 cm³/mol. The number of hydrazone groups is 1. The number of rotatable bonds is 4. The zero-order chi connectivity index (χ0) is 17.0. The van der Waals surface area contributed by atoms with Gasteiger partial charge >= 0.3 is 0 Å². The largest absolute Gasteiger partial charge is 0.286 e. The lowest BCUT2D eigenvalue weighted by Gasteiger charge is -2.07. The van der Waals surface area contributed by atoms with Crippen LogP contribution in [0.3, 0.4) is 0 Å². The van der Waals surface area contributed by atoms with Gasteiger partial charge in [-0.3, -0.25) is 10.2 Å². The van der Waals surface area contributed by atoms with Gasteiger partial charge in [0.25, 0.3) is 0 Å². The van der Waals surface area contributed by atoms with E-state index < -0.39 is 5.78 Å². The maximum atomic E-state index is 12.3. The summed E-state index contributed by atoms with van der Waals surface area (Å²) in [6, 6.07) is 11.0. The number of carbonyl (C=O) groups excluding carboxylic acids is 1. The Morgan fingerprint density at radius 2 is 1.65 bits per heavy atom. The van der Waals surface area contributed by atoms with Gasteiger partial charge in [0, 0.05) is 10.6 Å². The van der Waals surface area contributed by atoms with E-state index in [1.165, 1.54) is 18.2 Å². The Bertz CT molecular complexity index is 820. The van der Waals surface area contributed by atoms with Crippen LogP contribution in [0.15, 0.2) is 41.5 Å². The minimum absolute atomic E-state index is 0.171. The molecule has 1 N–H and O–H groups in total. The number of hydrogen-bond donors (Lipinski definition) is 1. The topological polar surface area (TPSA) is 65.2 Å². The van der Waals surface area contributed by atoms with E-state index in [-0.39, 0.29) is 32.0 Å². The average molecular weight is 387 g/mol. The molecule has 0 heterocycles. The first-order valence-corrected chi connectivity index (χ1v) is 7.62. The molecule has 116 valence electrons. The molecule has 0 aliphatic carbocycles. The van der Waals surface area contributed by atoms with Crippen molar-refractivity contribution in [3.63, 3.8) is 0 Å².